The van der Waals surface area contributed by atoms with E-state index in [9.17, 15) is 13.2 Å². The number of amidine groups is 1. The molecule has 0 aliphatic carbocycles. The molecule has 168 valence electrons. The average Bonchev–Trinajstić information content (AvgIpc) is 3.03. The first-order valence-electron chi connectivity index (χ1n) is 11.0. The SMILES string of the molecule is CC1=C(c2ccc(C)c(C)c2)S(=O)(=O)N=C1N1CCC(C(=O)NCc2ccccc2)CC1. The van der Waals surface area contributed by atoms with E-state index in [1.807, 2.05) is 74.2 Å². The molecule has 0 unspecified atom stereocenters. The molecule has 6 nitrogen and oxygen atoms in total. The molecule has 1 fully saturated rings. The highest BCUT2D eigenvalue weighted by atomic mass is 32.2. The van der Waals surface area contributed by atoms with Crippen LogP contribution in [0.2, 0.25) is 0 Å². The third-order valence-corrected chi connectivity index (χ3v) is 7.86. The number of rotatable bonds is 4. The van der Waals surface area contributed by atoms with Gasteiger partial charge in [0.05, 0.1) is 0 Å². The minimum Gasteiger partial charge on any atom is -0.356 e. The summed E-state index contributed by atoms with van der Waals surface area (Å²) in [6, 6.07) is 15.5. The highest BCUT2D eigenvalue weighted by molar-refractivity contribution is 8.00. The summed E-state index contributed by atoms with van der Waals surface area (Å²) < 4.78 is 29.9. The summed E-state index contributed by atoms with van der Waals surface area (Å²) in [5.74, 6) is 0.496. The Bertz CT molecular complexity index is 1190. The average molecular weight is 452 g/mol. The zero-order valence-electron chi connectivity index (χ0n) is 18.8. The molecule has 0 bridgehead atoms. The smallest absolute Gasteiger partial charge is 0.285 e. The van der Waals surface area contributed by atoms with Gasteiger partial charge in [-0.2, -0.15) is 8.42 Å². The van der Waals surface area contributed by atoms with Crippen LogP contribution < -0.4 is 5.32 Å². The lowest BCUT2D eigenvalue weighted by atomic mass is 9.95. The number of aryl methyl sites for hydroxylation is 2. The molecule has 1 saturated heterocycles. The minimum absolute atomic E-state index is 0.0533. The molecule has 32 heavy (non-hydrogen) atoms. The Balaban J connectivity index is 1.43. The Hall–Kier alpha value is -2.93. The van der Waals surface area contributed by atoms with Crippen LogP contribution in [0, 0.1) is 19.8 Å². The van der Waals surface area contributed by atoms with Gasteiger partial charge < -0.3 is 10.2 Å². The van der Waals surface area contributed by atoms with Gasteiger partial charge in [0.25, 0.3) is 10.0 Å². The van der Waals surface area contributed by atoms with Gasteiger partial charge in [0.15, 0.2) is 0 Å². The molecule has 0 saturated carbocycles. The molecule has 2 aromatic carbocycles. The molecule has 0 spiro atoms. The lowest BCUT2D eigenvalue weighted by Gasteiger charge is -2.32. The van der Waals surface area contributed by atoms with Gasteiger partial charge in [0.2, 0.25) is 5.91 Å². The highest BCUT2D eigenvalue weighted by Gasteiger charge is 2.35. The van der Waals surface area contributed by atoms with Crippen molar-refractivity contribution in [1.82, 2.24) is 10.2 Å². The summed E-state index contributed by atoms with van der Waals surface area (Å²) >= 11 is 0. The monoisotopic (exact) mass is 451 g/mol. The van der Waals surface area contributed by atoms with Crippen molar-refractivity contribution in [2.24, 2.45) is 10.3 Å². The van der Waals surface area contributed by atoms with Crippen molar-refractivity contribution in [2.75, 3.05) is 13.1 Å². The number of nitrogens with one attached hydrogen (secondary N) is 1. The first-order chi connectivity index (χ1) is 15.3. The molecule has 7 heteroatoms. The molecular formula is C25H29N3O3S. The predicted octanol–water partition coefficient (Wildman–Crippen LogP) is 3.80. The van der Waals surface area contributed by atoms with Gasteiger partial charge in [-0.1, -0.05) is 48.5 Å². The van der Waals surface area contributed by atoms with E-state index in [0.29, 0.717) is 54.4 Å². The van der Waals surface area contributed by atoms with E-state index in [1.54, 1.807) is 0 Å². The maximum absolute atomic E-state index is 12.9. The quantitative estimate of drug-likeness (QED) is 0.767. The number of sulfonamides is 1. The van der Waals surface area contributed by atoms with Gasteiger partial charge in [-0.05, 0) is 55.9 Å². The lowest BCUT2D eigenvalue weighted by molar-refractivity contribution is -0.126. The number of carbonyl (C=O) groups excluding carboxylic acids is 1. The predicted molar refractivity (Wildman–Crippen MR) is 127 cm³/mol. The summed E-state index contributed by atoms with van der Waals surface area (Å²) in [4.78, 5) is 14.9. The van der Waals surface area contributed by atoms with Crippen LogP contribution in [0.3, 0.4) is 0 Å². The number of nitrogens with zero attached hydrogens (tertiary/aromatic N) is 2. The lowest BCUT2D eigenvalue weighted by Crippen LogP contribution is -2.43. The Morgan fingerprint density at radius 3 is 2.38 bits per heavy atom. The third kappa shape index (κ3) is 4.48. The molecule has 0 aromatic heterocycles. The van der Waals surface area contributed by atoms with E-state index < -0.39 is 10.0 Å². The Morgan fingerprint density at radius 1 is 1.03 bits per heavy atom. The summed E-state index contributed by atoms with van der Waals surface area (Å²) in [5.41, 5.74) is 4.60. The molecular weight excluding hydrogens is 422 g/mol. The van der Waals surface area contributed by atoms with Crippen molar-refractivity contribution in [3.63, 3.8) is 0 Å². The maximum Gasteiger partial charge on any atom is 0.285 e. The Labute approximate surface area is 190 Å². The van der Waals surface area contributed by atoms with Crippen molar-refractivity contribution >= 4 is 26.7 Å². The third-order valence-electron chi connectivity index (χ3n) is 6.38. The summed E-state index contributed by atoms with van der Waals surface area (Å²) in [7, 11) is -3.74. The second kappa shape index (κ2) is 8.90. The molecule has 2 aliphatic rings. The minimum atomic E-state index is -3.74. The van der Waals surface area contributed by atoms with Gasteiger partial charge in [-0.15, -0.1) is 4.40 Å². The van der Waals surface area contributed by atoms with Crippen molar-refractivity contribution in [3.05, 3.63) is 76.4 Å². The van der Waals surface area contributed by atoms with E-state index in [1.165, 1.54) is 0 Å². The first-order valence-corrected chi connectivity index (χ1v) is 12.4. The van der Waals surface area contributed by atoms with Gasteiger partial charge in [0, 0.05) is 31.1 Å². The van der Waals surface area contributed by atoms with Gasteiger partial charge in [-0.3, -0.25) is 4.79 Å². The van der Waals surface area contributed by atoms with Crippen LogP contribution in [-0.4, -0.2) is 38.2 Å². The number of amides is 1. The number of carbonyl (C=O) groups is 1. The largest absolute Gasteiger partial charge is 0.356 e. The number of benzene rings is 2. The maximum atomic E-state index is 12.9. The van der Waals surface area contributed by atoms with E-state index in [2.05, 4.69) is 9.71 Å². The van der Waals surface area contributed by atoms with Crippen LogP contribution >= 0.6 is 0 Å². The van der Waals surface area contributed by atoms with Crippen LogP contribution in [0.15, 0.2) is 58.5 Å². The fourth-order valence-corrected chi connectivity index (χ4v) is 5.82. The molecule has 2 heterocycles. The van der Waals surface area contributed by atoms with Gasteiger partial charge in [0.1, 0.15) is 10.7 Å². The summed E-state index contributed by atoms with van der Waals surface area (Å²) in [5, 5.41) is 3.02. The topological polar surface area (TPSA) is 78.8 Å². The zero-order chi connectivity index (χ0) is 22.9. The molecule has 2 aliphatic heterocycles. The second-order valence-electron chi connectivity index (χ2n) is 8.61. The zero-order valence-corrected chi connectivity index (χ0v) is 19.6. The number of hydrogen-bond acceptors (Lipinski definition) is 4. The van der Waals surface area contributed by atoms with Crippen molar-refractivity contribution in [1.29, 1.82) is 0 Å². The van der Waals surface area contributed by atoms with Crippen molar-refractivity contribution in [3.8, 4) is 0 Å². The van der Waals surface area contributed by atoms with Crippen molar-refractivity contribution < 1.29 is 13.2 Å². The van der Waals surface area contributed by atoms with E-state index in [0.717, 1.165) is 16.7 Å². The summed E-state index contributed by atoms with van der Waals surface area (Å²) in [6.45, 7) is 7.54. The van der Waals surface area contributed by atoms with Crippen LogP contribution in [0.4, 0.5) is 0 Å². The standard InChI is InChI=1S/C25H29N3O3S/c1-17-9-10-22(15-18(17)2)23-19(3)24(27-32(23,30)31)28-13-11-21(12-14-28)25(29)26-16-20-7-5-4-6-8-20/h4-10,15,21H,11-14,16H2,1-3H3,(H,26,29). The fourth-order valence-electron chi connectivity index (χ4n) is 4.35. The number of likely N-dealkylation sites (tertiary alicyclic amines) is 1. The van der Waals surface area contributed by atoms with E-state index in [-0.39, 0.29) is 11.8 Å². The van der Waals surface area contributed by atoms with Gasteiger partial charge in [-0.25, -0.2) is 0 Å². The Kier molecular flexibility index (Phi) is 6.20. The van der Waals surface area contributed by atoms with E-state index in [4.69, 9.17) is 0 Å². The number of piperidine rings is 1. The van der Waals surface area contributed by atoms with Gasteiger partial charge >= 0.3 is 0 Å². The number of hydrogen-bond donors (Lipinski definition) is 1. The second-order valence-corrected chi connectivity index (χ2v) is 10.1. The molecule has 1 amide bonds. The van der Waals surface area contributed by atoms with E-state index >= 15 is 0 Å². The normalized spacial score (nSPS) is 18.6. The molecule has 1 N–H and O–H groups in total. The van der Waals surface area contributed by atoms with Crippen LogP contribution in [0.25, 0.3) is 4.91 Å². The molecule has 0 atom stereocenters. The van der Waals surface area contributed by atoms with Crippen molar-refractivity contribution in [2.45, 2.75) is 40.2 Å². The molecule has 0 radical (unpaired) electrons. The molecule has 2 aromatic rings. The fraction of sp³-hybridized carbons (Fsp3) is 0.360. The Morgan fingerprint density at radius 2 is 1.72 bits per heavy atom. The molecule has 4 rings (SSSR count). The van der Waals surface area contributed by atoms with Crippen LogP contribution in [0.5, 0.6) is 0 Å². The van der Waals surface area contributed by atoms with Crippen LogP contribution in [0.1, 0.15) is 42.0 Å². The summed E-state index contributed by atoms with van der Waals surface area (Å²) in [6.07, 6.45) is 1.35. The van der Waals surface area contributed by atoms with Crippen LogP contribution in [-0.2, 0) is 21.4 Å². The first kappa shape index (κ1) is 22.3. The highest BCUT2D eigenvalue weighted by Crippen LogP contribution is 2.35.